The van der Waals surface area contributed by atoms with Crippen LogP contribution in [0.15, 0.2) is 53.4 Å². The van der Waals surface area contributed by atoms with E-state index in [1.807, 2.05) is 6.07 Å². The predicted molar refractivity (Wildman–Crippen MR) is 112 cm³/mol. The summed E-state index contributed by atoms with van der Waals surface area (Å²) in [6.07, 6.45) is 2.89. The van der Waals surface area contributed by atoms with Crippen LogP contribution < -0.4 is 4.72 Å². The highest BCUT2D eigenvalue weighted by Gasteiger charge is 2.24. The number of nitro groups is 1. The molecular weight excluding hydrogens is 390 g/mol. The third kappa shape index (κ3) is 5.85. The summed E-state index contributed by atoms with van der Waals surface area (Å²) in [5.41, 5.74) is 1.61. The maximum atomic E-state index is 12.7. The van der Waals surface area contributed by atoms with Crippen LogP contribution in [0.1, 0.15) is 24.0 Å². The number of aryl methyl sites for hydroxylation is 1. The molecular formula is C21H27N3O4S. The van der Waals surface area contributed by atoms with Gasteiger partial charge in [0.15, 0.2) is 0 Å². The van der Waals surface area contributed by atoms with Crippen molar-refractivity contribution in [2.75, 3.05) is 26.2 Å². The first kappa shape index (κ1) is 21.4. The molecule has 1 N–H and O–H groups in total. The number of hydrogen-bond acceptors (Lipinski definition) is 5. The second-order valence-electron chi connectivity index (χ2n) is 7.58. The zero-order valence-electron chi connectivity index (χ0n) is 16.6. The summed E-state index contributed by atoms with van der Waals surface area (Å²) in [5.74, 6) is 0.275. The van der Waals surface area contributed by atoms with Crippen LogP contribution in [-0.2, 0) is 16.4 Å². The van der Waals surface area contributed by atoms with Gasteiger partial charge in [0.05, 0.1) is 9.82 Å². The van der Waals surface area contributed by atoms with Gasteiger partial charge >= 0.3 is 0 Å². The van der Waals surface area contributed by atoms with Crippen molar-refractivity contribution in [2.24, 2.45) is 5.92 Å². The third-order valence-corrected chi connectivity index (χ3v) is 7.07. The molecule has 0 spiro atoms. The van der Waals surface area contributed by atoms with Gasteiger partial charge in [-0.2, -0.15) is 0 Å². The fraction of sp³-hybridized carbons (Fsp3) is 0.429. The van der Waals surface area contributed by atoms with E-state index in [-0.39, 0.29) is 16.5 Å². The Kier molecular flexibility index (Phi) is 7.00. The molecule has 0 atom stereocenters. The highest BCUT2D eigenvalue weighted by Crippen LogP contribution is 2.23. The lowest BCUT2D eigenvalue weighted by Crippen LogP contribution is -2.39. The van der Waals surface area contributed by atoms with E-state index in [1.54, 1.807) is 6.92 Å². The van der Waals surface area contributed by atoms with Crippen molar-refractivity contribution in [3.05, 3.63) is 69.8 Å². The molecule has 0 aliphatic carbocycles. The minimum Gasteiger partial charge on any atom is -0.303 e. The van der Waals surface area contributed by atoms with Crippen molar-refractivity contribution in [3.8, 4) is 0 Å². The smallest absolute Gasteiger partial charge is 0.270 e. The topological polar surface area (TPSA) is 92.5 Å². The predicted octanol–water partition coefficient (Wildman–Crippen LogP) is 3.14. The number of sulfonamides is 1. The Balaban J connectivity index is 1.49. The second-order valence-corrected chi connectivity index (χ2v) is 9.31. The molecule has 0 aromatic heterocycles. The van der Waals surface area contributed by atoms with E-state index in [1.165, 1.54) is 17.7 Å². The maximum absolute atomic E-state index is 12.7. The van der Waals surface area contributed by atoms with Crippen LogP contribution in [0.25, 0.3) is 0 Å². The van der Waals surface area contributed by atoms with Gasteiger partial charge in [-0.1, -0.05) is 36.4 Å². The molecule has 7 nitrogen and oxygen atoms in total. The number of rotatable bonds is 8. The van der Waals surface area contributed by atoms with Crippen molar-refractivity contribution in [3.63, 3.8) is 0 Å². The molecule has 2 aromatic carbocycles. The van der Waals surface area contributed by atoms with Gasteiger partial charge in [0.1, 0.15) is 0 Å². The van der Waals surface area contributed by atoms with Crippen LogP contribution in [0.5, 0.6) is 0 Å². The van der Waals surface area contributed by atoms with Crippen molar-refractivity contribution in [1.29, 1.82) is 0 Å². The summed E-state index contributed by atoms with van der Waals surface area (Å²) >= 11 is 0. The highest BCUT2D eigenvalue weighted by atomic mass is 32.2. The summed E-state index contributed by atoms with van der Waals surface area (Å²) in [6, 6.07) is 14.3. The van der Waals surface area contributed by atoms with E-state index in [9.17, 15) is 18.5 Å². The standard InChI is InChI=1S/C21H27N3O4S/c1-17-7-8-20(24(25)26)15-21(17)29(27,28)22-16-19-10-13-23(14-11-19)12-9-18-5-3-2-4-6-18/h2-8,15,19,22H,9-14,16H2,1H3. The van der Waals surface area contributed by atoms with Gasteiger partial charge in [-0.05, 0) is 56.3 Å². The molecule has 1 aliphatic rings. The van der Waals surface area contributed by atoms with Gasteiger partial charge in [0.2, 0.25) is 10.0 Å². The molecule has 0 bridgehead atoms. The SMILES string of the molecule is Cc1ccc([N+](=O)[O-])cc1S(=O)(=O)NCC1CCN(CCc2ccccc2)CC1. The summed E-state index contributed by atoms with van der Waals surface area (Å²) in [4.78, 5) is 12.8. The van der Waals surface area contributed by atoms with Crippen LogP contribution in [-0.4, -0.2) is 44.4 Å². The number of hydrogen-bond donors (Lipinski definition) is 1. The zero-order valence-corrected chi connectivity index (χ0v) is 17.4. The molecule has 1 heterocycles. The lowest BCUT2D eigenvalue weighted by molar-refractivity contribution is -0.385. The molecule has 29 heavy (non-hydrogen) atoms. The molecule has 0 saturated carbocycles. The monoisotopic (exact) mass is 417 g/mol. The Morgan fingerprint density at radius 3 is 2.48 bits per heavy atom. The molecule has 1 aliphatic heterocycles. The number of non-ortho nitro benzene ring substituents is 1. The molecule has 0 unspecified atom stereocenters. The van der Waals surface area contributed by atoms with E-state index in [0.29, 0.717) is 12.1 Å². The number of nitrogens with one attached hydrogen (secondary N) is 1. The number of piperidine rings is 1. The largest absolute Gasteiger partial charge is 0.303 e. The van der Waals surface area contributed by atoms with Gasteiger partial charge in [-0.25, -0.2) is 13.1 Å². The summed E-state index contributed by atoms with van der Waals surface area (Å²) < 4.78 is 28.0. The highest BCUT2D eigenvalue weighted by molar-refractivity contribution is 7.89. The molecule has 1 fully saturated rings. The van der Waals surface area contributed by atoms with Crippen LogP contribution in [0.4, 0.5) is 5.69 Å². The molecule has 1 saturated heterocycles. The van der Waals surface area contributed by atoms with Gasteiger partial charge in [-0.15, -0.1) is 0 Å². The van der Waals surface area contributed by atoms with Crippen molar-refractivity contribution in [1.82, 2.24) is 9.62 Å². The third-order valence-electron chi connectivity index (χ3n) is 5.50. The number of benzene rings is 2. The molecule has 3 rings (SSSR count). The first-order valence-corrected chi connectivity index (χ1v) is 11.3. The van der Waals surface area contributed by atoms with Gasteiger partial charge < -0.3 is 4.90 Å². The van der Waals surface area contributed by atoms with Gasteiger partial charge in [0, 0.05) is 25.2 Å². The Morgan fingerprint density at radius 1 is 1.14 bits per heavy atom. The van der Waals surface area contributed by atoms with E-state index in [2.05, 4.69) is 33.9 Å². The maximum Gasteiger partial charge on any atom is 0.270 e. The Labute approximate surface area is 171 Å². The minimum atomic E-state index is -3.77. The lowest BCUT2D eigenvalue weighted by Gasteiger charge is -2.32. The Morgan fingerprint density at radius 2 is 1.83 bits per heavy atom. The first-order valence-electron chi connectivity index (χ1n) is 9.86. The van der Waals surface area contributed by atoms with E-state index < -0.39 is 14.9 Å². The average Bonchev–Trinajstić information content (AvgIpc) is 2.72. The quantitative estimate of drug-likeness (QED) is 0.526. The van der Waals surface area contributed by atoms with Gasteiger partial charge in [0.25, 0.3) is 5.69 Å². The fourth-order valence-corrected chi connectivity index (χ4v) is 5.02. The van der Waals surface area contributed by atoms with E-state index >= 15 is 0 Å². The van der Waals surface area contributed by atoms with Crippen LogP contribution in [0.2, 0.25) is 0 Å². The Bertz CT molecular complexity index is 940. The van der Waals surface area contributed by atoms with E-state index in [4.69, 9.17) is 0 Å². The number of nitro benzene ring substituents is 1. The van der Waals surface area contributed by atoms with Gasteiger partial charge in [-0.3, -0.25) is 10.1 Å². The Hall–Kier alpha value is -2.29. The molecule has 2 aromatic rings. The normalized spacial score (nSPS) is 16.0. The van der Waals surface area contributed by atoms with Crippen LogP contribution in [0, 0.1) is 23.0 Å². The fourth-order valence-electron chi connectivity index (χ4n) is 3.64. The first-order chi connectivity index (χ1) is 13.8. The molecule has 8 heteroatoms. The molecule has 156 valence electrons. The number of likely N-dealkylation sites (tertiary alicyclic amines) is 1. The summed E-state index contributed by atoms with van der Waals surface area (Å²) in [6.45, 7) is 4.92. The van der Waals surface area contributed by atoms with E-state index in [0.717, 1.165) is 45.0 Å². The van der Waals surface area contributed by atoms with Crippen LogP contribution in [0.3, 0.4) is 0 Å². The van der Waals surface area contributed by atoms with Crippen LogP contribution >= 0.6 is 0 Å². The zero-order chi connectivity index (χ0) is 20.9. The summed E-state index contributed by atoms with van der Waals surface area (Å²) in [5, 5.41) is 11.0. The van der Waals surface area contributed by atoms with Crippen molar-refractivity contribution >= 4 is 15.7 Å². The van der Waals surface area contributed by atoms with Crippen molar-refractivity contribution < 1.29 is 13.3 Å². The minimum absolute atomic E-state index is 0.0213. The average molecular weight is 418 g/mol. The molecule has 0 radical (unpaired) electrons. The lowest BCUT2D eigenvalue weighted by atomic mass is 9.97. The molecule has 0 amide bonds. The van der Waals surface area contributed by atoms with Crippen molar-refractivity contribution in [2.45, 2.75) is 31.1 Å². The number of nitrogens with zero attached hydrogens (tertiary/aromatic N) is 2. The second kappa shape index (κ2) is 9.47. The summed E-state index contributed by atoms with van der Waals surface area (Å²) in [7, 11) is -3.77.